The number of aromatic nitrogens is 4. The molecule has 1 heterocycles. The van der Waals surface area contributed by atoms with E-state index in [1.165, 1.54) is 0 Å². The summed E-state index contributed by atoms with van der Waals surface area (Å²) in [4.78, 5) is 0. The van der Waals surface area contributed by atoms with E-state index in [0.717, 1.165) is 18.7 Å². The Hall–Kier alpha value is -0.500. The minimum atomic E-state index is 0.344. The third-order valence-corrected chi connectivity index (χ3v) is 2.06. The maximum Gasteiger partial charge on any atom is 0.154 e. The zero-order valence-electron chi connectivity index (χ0n) is 7.78. The van der Waals surface area contributed by atoms with Crippen molar-refractivity contribution in [3.8, 4) is 0 Å². The first-order chi connectivity index (χ1) is 5.49. The van der Waals surface area contributed by atoms with E-state index in [2.05, 4.69) is 45.7 Å². The summed E-state index contributed by atoms with van der Waals surface area (Å²) in [6.45, 7) is 6.64. The summed E-state index contributed by atoms with van der Waals surface area (Å²) in [6, 6.07) is 0. The van der Waals surface area contributed by atoms with Crippen molar-refractivity contribution in [2.45, 2.75) is 33.6 Å². The largest absolute Gasteiger partial charge is 0.215 e. The highest BCUT2D eigenvalue weighted by molar-refractivity contribution is 7.14. The van der Waals surface area contributed by atoms with Crippen LogP contribution in [0.4, 0.5) is 0 Å². The van der Waals surface area contributed by atoms with Gasteiger partial charge in [0.05, 0.1) is 0 Å². The Morgan fingerprint density at radius 2 is 2.08 bits per heavy atom. The van der Waals surface area contributed by atoms with Crippen LogP contribution in [-0.2, 0) is 6.42 Å². The Labute approximate surface area is 75.0 Å². The summed E-state index contributed by atoms with van der Waals surface area (Å²) in [6.07, 6.45) is 2.03. The number of hydrogen-bond acceptors (Lipinski definition) is 3. The Morgan fingerprint density at radius 1 is 1.42 bits per heavy atom. The first-order valence-corrected chi connectivity index (χ1v) is 4.53. The second-order valence-electron chi connectivity index (χ2n) is 4.10. The number of rotatable bonds is 2. The monoisotopic (exact) mass is 186 g/mol. The third kappa shape index (κ3) is 2.86. The van der Waals surface area contributed by atoms with Gasteiger partial charge < -0.3 is 0 Å². The van der Waals surface area contributed by atoms with Crippen molar-refractivity contribution in [3.63, 3.8) is 0 Å². The van der Waals surface area contributed by atoms with Crippen LogP contribution in [0.3, 0.4) is 0 Å². The van der Waals surface area contributed by atoms with Crippen LogP contribution in [0.5, 0.6) is 0 Å². The Balaban J connectivity index is 2.49. The van der Waals surface area contributed by atoms with Crippen LogP contribution in [-0.4, -0.2) is 20.0 Å². The van der Waals surface area contributed by atoms with Crippen LogP contribution in [0.25, 0.3) is 0 Å². The van der Waals surface area contributed by atoms with Crippen LogP contribution in [0.2, 0.25) is 0 Å². The molecule has 0 saturated heterocycles. The van der Waals surface area contributed by atoms with E-state index in [4.69, 9.17) is 0 Å². The second kappa shape index (κ2) is 3.48. The van der Waals surface area contributed by atoms with Gasteiger partial charge in [-0.05, 0) is 31.7 Å². The molecule has 5 heteroatoms. The summed E-state index contributed by atoms with van der Waals surface area (Å²) in [7, 11) is 2.47. The molecule has 0 aromatic carbocycles. The van der Waals surface area contributed by atoms with Gasteiger partial charge in [0.1, 0.15) is 0 Å². The quantitative estimate of drug-likeness (QED) is 0.653. The molecular weight excluding hydrogens is 171 g/mol. The van der Waals surface area contributed by atoms with Crippen molar-refractivity contribution in [3.05, 3.63) is 5.82 Å². The summed E-state index contributed by atoms with van der Waals surface area (Å²) in [5.74, 6) is 0.926. The van der Waals surface area contributed by atoms with Crippen molar-refractivity contribution in [2.24, 2.45) is 5.41 Å². The van der Waals surface area contributed by atoms with Crippen LogP contribution in [0, 0.1) is 5.41 Å². The zero-order valence-corrected chi connectivity index (χ0v) is 8.94. The van der Waals surface area contributed by atoms with Gasteiger partial charge in [0.2, 0.25) is 0 Å². The van der Waals surface area contributed by atoms with Gasteiger partial charge in [0, 0.05) is 6.42 Å². The summed E-state index contributed by atoms with van der Waals surface area (Å²) < 4.78 is 1.64. The highest BCUT2D eigenvalue weighted by Gasteiger charge is 2.12. The fraction of sp³-hybridized carbons (Fsp3) is 0.857. The molecule has 1 atom stereocenters. The average molecular weight is 186 g/mol. The molecule has 0 N–H and O–H groups in total. The molecule has 12 heavy (non-hydrogen) atoms. The summed E-state index contributed by atoms with van der Waals surface area (Å²) in [5.41, 5.74) is 0.344. The smallest absolute Gasteiger partial charge is 0.154 e. The summed E-state index contributed by atoms with van der Waals surface area (Å²) in [5, 5.41) is 11.2. The van der Waals surface area contributed by atoms with E-state index < -0.39 is 0 Å². The van der Waals surface area contributed by atoms with Gasteiger partial charge >= 0.3 is 0 Å². The normalized spacial score (nSPS) is 12.0. The second-order valence-corrected chi connectivity index (χ2v) is 4.59. The van der Waals surface area contributed by atoms with E-state index in [-0.39, 0.29) is 0 Å². The molecule has 0 bridgehead atoms. The molecule has 4 nitrogen and oxygen atoms in total. The first-order valence-electron chi connectivity index (χ1n) is 4.01. The van der Waals surface area contributed by atoms with Gasteiger partial charge in [-0.25, -0.2) is 4.45 Å². The lowest BCUT2D eigenvalue weighted by atomic mass is 9.90. The van der Waals surface area contributed by atoms with Crippen molar-refractivity contribution >= 4 is 9.39 Å². The molecule has 68 valence electrons. The molecule has 1 rings (SSSR count). The lowest BCUT2D eigenvalue weighted by Gasteiger charge is -2.16. The topological polar surface area (TPSA) is 43.6 Å². The maximum absolute atomic E-state index is 3.90. The van der Waals surface area contributed by atoms with Gasteiger partial charge in [-0.15, -0.1) is 5.10 Å². The highest BCUT2D eigenvalue weighted by atomic mass is 31.0. The summed E-state index contributed by atoms with van der Waals surface area (Å²) >= 11 is 0. The predicted octanol–water partition coefficient (Wildman–Crippen LogP) is 1.29. The predicted molar refractivity (Wildman–Crippen MR) is 50.7 cm³/mol. The molecule has 0 aliphatic carbocycles. The fourth-order valence-electron chi connectivity index (χ4n) is 0.864. The van der Waals surface area contributed by atoms with E-state index >= 15 is 0 Å². The number of hydrogen-bond donors (Lipinski definition) is 0. The molecule has 0 amide bonds. The Morgan fingerprint density at radius 3 is 2.50 bits per heavy atom. The van der Waals surface area contributed by atoms with Crippen molar-refractivity contribution in [1.82, 2.24) is 20.0 Å². The molecule has 1 aromatic heterocycles. The van der Waals surface area contributed by atoms with Crippen molar-refractivity contribution in [2.75, 3.05) is 0 Å². The molecule has 0 aliphatic rings. The lowest BCUT2D eigenvalue weighted by Crippen LogP contribution is -2.08. The number of nitrogens with zero attached hydrogens (tertiary/aromatic N) is 4. The molecule has 1 aromatic rings. The molecule has 0 aliphatic heterocycles. The molecule has 0 spiro atoms. The van der Waals surface area contributed by atoms with E-state index in [0.29, 0.717) is 5.41 Å². The highest BCUT2D eigenvalue weighted by Crippen LogP contribution is 2.20. The minimum Gasteiger partial charge on any atom is -0.215 e. The van der Waals surface area contributed by atoms with Crippen LogP contribution < -0.4 is 0 Å². The maximum atomic E-state index is 3.90. The molecule has 0 fully saturated rings. The standard InChI is InChI=1S/C7H15N4P/c1-7(2,3)5-4-6-8-9-10-11(6)12/h4-5,12H2,1-3H3. The molecule has 0 radical (unpaired) electrons. The van der Waals surface area contributed by atoms with Crippen LogP contribution in [0.15, 0.2) is 0 Å². The molecular formula is C7H15N4P. The van der Waals surface area contributed by atoms with Gasteiger partial charge in [0.15, 0.2) is 5.82 Å². The Bertz CT molecular complexity index is 250. The van der Waals surface area contributed by atoms with Crippen LogP contribution in [0.1, 0.15) is 33.0 Å². The van der Waals surface area contributed by atoms with Gasteiger partial charge in [-0.3, -0.25) is 0 Å². The van der Waals surface area contributed by atoms with E-state index in [9.17, 15) is 0 Å². The van der Waals surface area contributed by atoms with Crippen LogP contribution >= 0.6 is 9.39 Å². The van der Waals surface area contributed by atoms with E-state index in [1.54, 1.807) is 4.45 Å². The first kappa shape index (κ1) is 9.59. The van der Waals surface area contributed by atoms with Crippen molar-refractivity contribution in [1.29, 1.82) is 0 Å². The third-order valence-electron chi connectivity index (χ3n) is 1.66. The van der Waals surface area contributed by atoms with Gasteiger partial charge in [-0.1, -0.05) is 20.8 Å². The van der Waals surface area contributed by atoms with Gasteiger partial charge in [-0.2, -0.15) is 0 Å². The zero-order chi connectivity index (χ0) is 9.19. The number of aryl methyl sites for hydroxylation is 1. The minimum absolute atomic E-state index is 0.344. The number of tetrazole rings is 1. The van der Waals surface area contributed by atoms with Crippen molar-refractivity contribution < 1.29 is 0 Å². The Kier molecular flexibility index (Phi) is 2.78. The average Bonchev–Trinajstić information content (AvgIpc) is 2.29. The van der Waals surface area contributed by atoms with Gasteiger partial charge in [0.25, 0.3) is 0 Å². The fourth-order valence-corrected chi connectivity index (χ4v) is 1.09. The lowest BCUT2D eigenvalue weighted by molar-refractivity contribution is 0.374. The SMILES string of the molecule is CC(C)(C)CCc1nnnn1P. The molecule has 1 unspecified atom stereocenters. The van der Waals surface area contributed by atoms with E-state index in [1.807, 2.05) is 0 Å². The molecule has 0 saturated carbocycles.